The smallest absolute Gasteiger partial charge is 0.215 e. The van der Waals surface area contributed by atoms with E-state index >= 15 is 0 Å². The Morgan fingerprint density at radius 2 is 2.50 bits per heavy atom. The second-order valence-electron chi connectivity index (χ2n) is 2.16. The van der Waals surface area contributed by atoms with Crippen molar-refractivity contribution in [2.45, 2.75) is 13.0 Å². The molecule has 10 heavy (non-hydrogen) atoms. The second-order valence-corrected chi connectivity index (χ2v) is 2.16. The zero-order valence-corrected chi connectivity index (χ0v) is 5.65. The normalized spacial score (nSPS) is 31.0. The molecule has 0 aliphatic carbocycles. The van der Waals surface area contributed by atoms with Gasteiger partial charge in [0.15, 0.2) is 0 Å². The van der Waals surface area contributed by atoms with Crippen LogP contribution in [0.3, 0.4) is 0 Å². The molecule has 0 bridgehead atoms. The molecule has 2 atom stereocenters. The van der Waals surface area contributed by atoms with E-state index in [4.69, 9.17) is 11.0 Å². The van der Waals surface area contributed by atoms with Crippen LogP contribution in [0.25, 0.3) is 0 Å². The lowest BCUT2D eigenvalue weighted by atomic mass is 10.1. The summed E-state index contributed by atoms with van der Waals surface area (Å²) in [7, 11) is 0. The maximum absolute atomic E-state index is 8.50. The van der Waals surface area contributed by atoms with E-state index in [1.165, 1.54) is 6.21 Å². The Kier molecular flexibility index (Phi) is 1.67. The number of hydrogen-bond donors (Lipinski definition) is 1. The van der Waals surface area contributed by atoms with E-state index in [2.05, 4.69) is 16.1 Å². The summed E-state index contributed by atoms with van der Waals surface area (Å²) < 4.78 is 0. The first kappa shape index (κ1) is 6.75. The highest BCUT2D eigenvalue weighted by Gasteiger charge is 2.16. The molecule has 4 heteroatoms. The lowest BCUT2D eigenvalue weighted by Crippen LogP contribution is -2.25. The van der Waals surface area contributed by atoms with E-state index in [1.54, 1.807) is 0 Å². The van der Waals surface area contributed by atoms with Crippen LogP contribution < -0.4 is 5.73 Å². The Bertz CT molecular complexity index is 222. The van der Waals surface area contributed by atoms with Gasteiger partial charge in [0.2, 0.25) is 5.96 Å². The Labute approximate surface area is 59.1 Å². The fraction of sp³-hybridized carbons (Fsp3) is 0.500. The summed E-state index contributed by atoms with van der Waals surface area (Å²) in [5, 5.41) is 8.50. The molecular formula is C6H8N4. The molecule has 0 aromatic rings. The van der Waals surface area contributed by atoms with E-state index < -0.39 is 0 Å². The topological polar surface area (TPSA) is 74.5 Å². The zero-order chi connectivity index (χ0) is 7.56. The molecule has 0 radical (unpaired) electrons. The van der Waals surface area contributed by atoms with Gasteiger partial charge in [-0.1, -0.05) is 0 Å². The minimum atomic E-state index is -0.215. The number of nitrogens with zero attached hydrogens (tertiary/aromatic N) is 3. The number of aliphatic imine (C=N–C) groups is 2. The average Bonchev–Trinajstić information content (AvgIpc) is 1.88. The van der Waals surface area contributed by atoms with Gasteiger partial charge in [-0.05, 0) is 6.92 Å². The van der Waals surface area contributed by atoms with Gasteiger partial charge in [-0.25, -0.2) is 9.98 Å². The predicted molar refractivity (Wildman–Crippen MR) is 38.7 cm³/mol. The lowest BCUT2D eigenvalue weighted by Gasteiger charge is -2.12. The van der Waals surface area contributed by atoms with E-state index in [9.17, 15) is 0 Å². The quantitative estimate of drug-likeness (QED) is 0.505. The van der Waals surface area contributed by atoms with Crippen molar-refractivity contribution in [1.29, 1.82) is 5.26 Å². The fourth-order valence-electron chi connectivity index (χ4n) is 0.745. The van der Waals surface area contributed by atoms with E-state index in [1.807, 2.05) is 6.92 Å². The highest BCUT2D eigenvalue weighted by Crippen LogP contribution is 2.07. The summed E-state index contributed by atoms with van der Waals surface area (Å²) >= 11 is 0. The van der Waals surface area contributed by atoms with Crippen molar-refractivity contribution in [2.75, 3.05) is 0 Å². The molecule has 1 rings (SSSR count). The van der Waals surface area contributed by atoms with Crippen LogP contribution in [0.4, 0.5) is 0 Å². The van der Waals surface area contributed by atoms with Crippen molar-refractivity contribution in [3.8, 4) is 6.07 Å². The van der Waals surface area contributed by atoms with Crippen molar-refractivity contribution in [1.82, 2.24) is 0 Å². The molecular weight excluding hydrogens is 128 g/mol. The average molecular weight is 136 g/mol. The van der Waals surface area contributed by atoms with Gasteiger partial charge >= 0.3 is 0 Å². The standard InChI is InChI=1S/C6H8N4/c1-4-5(2-7)3-9-6(8)10-4/h3-5H,1H3,(H2,8,10). The Morgan fingerprint density at radius 3 is 3.00 bits per heavy atom. The van der Waals surface area contributed by atoms with Gasteiger partial charge in [0, 0.05) is 6.21 Å². The second kappa shape index (κ2) is 2.48. The number of rotatable bonds is 0. The van der Waals surface area contributed by atoms with Gasteiger partial charge in [-0.15, -0.1) is 0 Å². The van der Waals surface area contributed by atoms with Crippen LogP contribution in [-0.2, 0) is 0 Å². The molecule has 0 amide bonds. The third-order valence-corrected chi connectivity index (χ3v) is 1.37. The van der Waals surface area contributed by atoms with Gasteiger partial charge in [0.1, 0.15) is 5.92 Å². The summed E-state index contributed by atoms with van der Waals surface area (Å²) in [6.07, 6.45) is 1.53. The molecule has 0 aromatic heterocycles. The molecule has 0 aromatic carbocycles. The van der Waals surface area contributed by atoms with Crippen LogP contribution in [-0.4, -0.2) is 18.2 Å². The summed E-state index contributed by atoms with van der Waals surface area (Å²) in [5.74, 6) is 0.0475. The van der Waals surface area contributed by atoms with Crippen molar-refractivity contribution in [2.24, 2.45) is 21.6 Å². The monoisotopic (exact) mass is 136 g/mol. The molecule has 0 spiro atoms. The molecule has 0 fully saturated rings. The first-order chi connectivity index (χ1) is 4.74. The summed E-state index contributed by atoms with van der Waals surface area (Å²) in [6.45, 7) is 1.84. The number of nitrogens with two attached hydrogens (primary N) is 1. The summed E-state index contributed by atoms with van der Waals surface area (Å²) in [5.41, 5.74) is 5.28. The van der Waals surface area contributed by atoms with Gasteiger partial charge in [-0.2, -0.15) is 5.26 Å². The minimum Gasteiger partial charge on any atom is -0.368 e. The Balaban J connectivity index is 2.76. The highest BCUT2D eigenvalue weighted by atomic mass is 15.1. The highest BCUT2D eigenvalue weighted by molar-refractivity contribution is 5.90. The van der Waals surface area contributed by atoms with Crippen molar-refractivity contribution in [3.63, 3.8) is 0 Å². The van der Waals surface area contributed by atoms with Crippen LogP contribution >= 0.6 is 0 Å². The molecule has 1 aliphatic heterocycles. The first-order valence-corrected chi connectivity index (χ1v) is 3.01. The summed E-state index contributed by atoms with van der Waals surface area (Å²) in [6, 6.07) is 2.01. The number of nitriles is 1. The molecule has 4 nitrogen and oxygen atoms in total. The van der Waals surface area contributed by atoms with Crippen LogP contribution in [0.5, 0.6) is 0 Å². The fourth-order valence-corrected chi connectivity index (χ4v) is 0.745. The van der Waals surface area contributed by atoms with Crippen molar-refractivity contribution >= 4 is 12.2 Å². The van der Waals surface area contributed by atoms with Crippen LogP contribution in [0.1, 0.15) is 6.92 Å². The van der Waals surface area contributed by atoms with Gasteiger partial charge in [0.25, 0.3) is 0 Å². The SMILES string of the molecule is CC1N=C(N)N=CC1C#N. The third kappa shape index (κ3) is 1.13. The molecule has 1 aliphatic rings. The lowest BCUT2D eigenvalue weighted by molar-refractivity contribution is 0.674. The Hall–Kier alpha value is -1.37. The maximum atomic E-state index is 8.50. The van der Waals surface area contributed by atoms with Gasteiger partial charge < -0.3 is 5.73 Å². The molecule has 0 saturated carbocycles. The summed E-state index contributed by atoms with van der Waals surface area (Å²) in [4.78, 5) is 7.62. The van der Waals surface area contributed by atoms with Crippen molar-refractivity contribution < 1.29 is 0 Å². The van der Waals surface area contributed by atoms with E-state index in [0.29, 0.717) is 0 Å². The molecule has 0 saturated heterocycles. The van der Waals surface area contributed by atoms with Gasteiger partial charge in [0.05, 0.1) is 12.1 Å². The maximum Gasteiger partial charge on any atom is 0.215 e. The van der Waals surface area contributed by atoms with Gasteiger partial charge in [-0.3, -0.25) is 0 Å². The van der Waals surface area contributed by atoms with E-state index in [0.717, 1.165) is 0 Å². The minimum absolute atomic E-state index is 0.0532. The third-order valence-electron chi connectivity index (χ3n) is 1.37. The van der Waals surface area contributed by atoms with E-state index in [-0.39, 0.29) is 17.9 Å². The largest absolute Gasteiger partial charge is 0.368 e. The number of guanidine groups is 1. The molecule has 52 valence electrons. The molecule has 2 unspecified atom stereocenters. The predicted octanol–water partition coefficient (Wildman–Crippen LogP) is -0.0862. The molecule has 1 heterocycles. The van der Waals surface area contributed by atoms with Crippen LogP contribution in [0, 0.1) is 17.2 Å². The Morgan fingerprint density at radius 1 is 1.80 bits per heavy atom. The number of hydrogen-bond acceptors (Lipinski definition) is 4. The van der Waals surface area contributed by atoms with Crippen molar-refractivity contribution in [3.05, 3.63) is 0 Å². The molecule has 2 N–H and O–H groups in total. The van der Waals surface area contributed by atoms with Crippen LogP contribution in [0.15, 0.2) is 9.98 Å². The van der Waals surface area contributed by atoms with Crippen LogP contribution in [0.2, 0.25) is 0 Å². The zero-order valence-electron chi connectivity index (χ0n) is 5.65. The first-order valence-electron chi connectivity index (χ1n) is 3.01.